The summed E-state index contributed by atoms with van der Waals surface area (Å²) in [6.45, 7) is 8.26. The molecule has 29 heavy (non-hydrogen) atoms. The number of imidazole rings is 1. The number of benzene rings is 1. The van der Waals surface area contributed by atoms with Crippen LogP contribution in [0.3, 0.4) is 0 Å². The standard InChI is InChI=1S/C21H28FN5O2/c1-13(12-29-3)11-26-6-4-21(2,5-7-26)16-10-24-27-18-15(19(23)28)8-14(22)9-17(18)25-20(16)27/h8-10,13,24H,4-7,11-12H2,1-3H3,(H2,23,28). The number of aromatic nitrogens is 3. The lowest BCUT2D eigenvalue weighted by Gasteiger charge is -2.39. The Balaban J connectivity index is 1.65. The number of primary amides is 1. The lowest BCUT2D eigenvalue weighted by atomic mass is 9.75. The number of nitrogens with one attached hydrogen (secondary N) is 1. The van der Waals surface area contributed by atoms with Crippen LogP contribution in [-0.4, -0.2) is 58.8 Å². The number of halogens is 1. The zero-order valence-electron chi connectivity index (χ0n) is 17.2. The molecule has 1 aromatic carbocycles. The average Bonchev–Trinajstić information content (AvgIpc) is 3.22. The topological polar surface area (TPSA) is 88.7 Å². The zero-order valence-corrected chi connectivity index (χ0v) is 17.2. The maximum Gasteiger partial charge on any atom is 0.251 e. The number of H-pyrrole nitrogens is 1. The molecule has 1 atom stereocenters. The highest BCUT2D eigenvalue weighted by Crippen LogP contribution is 2.38. The van der Waals surface area contributed by atoms with Crippen LogP contribution in [-0.2, 0) is 10.2 Å². The van der Waals surface area contributed by atoms with Gasteiger partial charge in [-0.2, -0.15) is 0 Å². The van der Waals surface area contributed by atoms with Crippen LogP contribution < -0.4 is 5.73 Å². The van der Waals surface area contributed by atoms with Crippen LogP contribution in [0.1, 0.15) is 42.6 Å². The fourth-order valence-electron chi connectivity index (χ4n) is 4.58. The maximum absolute atomic E-state index is 13.9. The third-order valence-corrected chi connectivity index (χ3v) is 6.19. The number of ether oxygens (including phenoxy) is 1. The smallest absolute Gasteiger partial charge is 0.251 e. The summed E-state index contributed by atoms with van der Waals surface area (Å²) in [5, 5.41) is 3.20. The Bertz CT molecular complexity index is 1050. The van der Waals surface area contributed by atoms with E-state index in [1.807, 2.05) is 6.20 Å². The SMILES string of the molecule is COCC(C)CN1CCC(C)(c2c[nH]n3c2nc2cc(F)cc(C(N)=O)c23)CC1. The van der Waals surface area contributed by atoms with Crippen molar-refractivity contribution in [1.82, 2.24) is 19.5 Å². The molecule has 0 bridgehead atoms. The van der Waals surface area contributed by atoms with E-state index in [1.54, 1.807) is 11.6 Å². The Morgan fingerprint density at radius 2 is 2.14 bits per heavy atom. The third-order valence-electron chi connectivity index (χ3n) is 6.19. The van der Waals surface area contributed by atoms with Gasteiger partial charge in [-0.1, -0.05) is 13.8 Å². The molecule has 4 rings (SSSR count). The van der Waals surface area contributed by atoms with E-state index in [2.05, 4.69) is 28.8 Å². The molecule has 1 saturated heterocycles. The molecule has 3 aromatic rings. The van der Waals surface area contributed by atoms with Crippen LogP contribution in [0.4, 0.5) is 4.39 Å². The first kappa shape index (κ1) is 19.8. The molecule has 7 nitrogen and oxygen atoms in total. The largest absolute Gasteiger partial charge is 0.384 e. The van der Waals surface area contributed by atoms with Crippen molar-refractivity contribution >= 4 is 22.6 Å². The van der Waals surface area contributed by atoms with Crippen molar-refractivity contribution in [1.29, 1.82) is 0 Å². The third kappa shape index (κ3) is 3.51. The molecule has 1 aliphatic heterocycles. The van der Waals surface area contributed by atoms with Crippen molar-refractivity contribution in [3.8, 4) is 0 Å². The highest BCUT2D eigenvalue weighted by atomic mass is 19.1. The second-order valence-electron chi connectivity index (χ2n) is 8.57. The van der Waals surface area contributed by atoms with Gasteiger partial charge in [0.1, 0.15) is 11.3 Å². The number of carbonyl (C=O) groups is 1. The number of hydrogen-bond acceptors (Lipinski definition) is 4. The van der Waals surface area contributed by atoms with Gasteiger partial charge in [-0.05, 0) is 37.9 Å². The van der Waals surface area contributed by atoms with Crippen molar-refractivity contribution in [2.75, 3.05) is 33.4 Å². The Morgan fingerprint density at radius 3 is 2.79 bits per heavy atom. The molecule has 0 saturated carbocycles. The van der Waals surface area contributed by atoms with Gasteiger partial charge in [0, 0.05) is 43.5 Å². The molecule has 1 fully saturated rings. The van der Waals surface area contributed by atoms with Gasteiger partial charge < -0.3 is 15.4 Å². The van der Waals surface area contributed by atoms with Gasteiger partial charge in [0.15, 0.2) is 5.65 Å². The van der Waals surface area contributed by atoms with E-state index in [9.17, 15) is 9.18 Å². The van der Waals surface area contributed by atoms with Crippen LogP contribution in [0.15, 0.2) is 18.3 Å². The number of hydrogen-bond donors (Lipinski definition) is 2. The predicted octanol–water partition coefficient (Wildman–Crippen LogP) is 2.69. The molecular weight excluding hydrogens is 373 g/mol. The minimum atomic E-state index is -0.669. The van der Waals surface area contributed by atoms with Crippen molar-refractivity contribution in [2.45, 2.75) is 32.1 Å². The van der Waals surface area contributed by atoms with E-state index >= 15 is 0 Å². The first-order valence-electron chi connectivity index (χ1n) is 10.0. The highest BCUT2D eigenvalue weighted by Gasteiger charge is 2.35. The summed E-state index contributed by atoms with van der Waals surface area (Å²) in [4.78, 5) is 19.0. The maximum atomic E-state index is 13.9. The van der Waals surface area contributed by atoms with Crippen LogP contribution in [0, 0.1) is 11.7 Å². The van der Waals surface area contributed by atoms with Crippen LogP contribution in [0.25, 0.3) is 16.7 Å². The van der Waals surface area contributed by atoms with E-state index in [0.29, 0.717) is 17.0 Å². The van der Waals surface area contributed by atoms with E-state index in [-0.39, 0.29) is 11.0 Å². The number of amides is 1. The minimum Gasteiger partial charge on any atom is -0.384 e. The Hall–Kier alpha value is -2.45. The number of nitrogens with zero attached hydrogens (tertiary/aromatic N) is 3. The van der Waals surface area contributed by atoms with Crippen molar-refractivity contribution in [3.05, 3.63) is 35.3 Å². The molecule has 3 heterocycles. The summed E-state index contributed by atoms with van der Waals surface area (Å²) in [6, 6.07) is 2.51. The summed E-state index contributed by atoms with van der Waals surface area (Å²) >= 11 is 0. The summed E-state index contributed by atoms with van der Waals surface area (Å²) in [5.74, 6) is -0.682. The molecule has 1 amide bonds. The molecule has 0 spiro atoms. The average molecular weight is 401 g/mol. The first-order chi connectivity index (χ1) is 13.8. The molecule has 8 heteroatoms. The Morgan fingerprint density at radius 1 is 1.41 bits per heavy atom. The second kappa shape index (κ2) is 7.42. The highest BCUT2D eigenvalue weighted by molar-refractivity contribution is 6.05. The van der Waals surface area contributed by atoms with E-state index in [4.69, 9.17) is 10.5 Å². The predicted molar refractivity (Wildman–Crippen MR) is 110 cm³/mol. The van der Waals surface area contributed by atoms with Gasteiger partial charge in [0.05, 0.1) is 11.1 Å². The van der Waals surface area contributed by atoms with Crippen molar-refractivity contribution in [3.63, 3.8) is 0 Å². The number of fused-ring (bicyclic) bond motifs is 3. The van der Waals surface area contributed by atoms with Crippen LogP contribution in [0.5, 0.6) is 0 Å². The number of rotatable bonds is 6. The molecule has 0 aliphatic carbocycles. The van der Waals surface area contributed by atoms with Gasteiger partial charge in [-0.3, -0.25) is 9.89 Å². The second-order valence-corrected chi connectivity index (χ2v) is 8.57. The number of nitrogens with two attached hydrogens (primary N) is 1. The molecule has 156 valence electrons. The fraction of sp³-hybridized carbons (Fsp3) is 0.524. The summed E-state index contributed by atoms with van der Waals surface area (Å²) in [6.07, 6.45) is 3.96. The Labute approximate surface area is 169 Å². The summed E-state index contributed by atoms with van der Waals surface area (Å²) in [7, 11) is 1.74. The van der Waals surface area contributed by atoms with Gasteiger partial charge in [-0.15, -0.1) is 0 Å². The molecule has 1 aliphatic rings. The number of piperidine rings is 1. The quantitative estimate of drug-likeness (QED) is 0.665. The van der Waals surface area contributed by atoms with E-state index in [1.165, 1.54) is 12.1 Å². The lowest BCUT2D eigenvalue weighted by molar-refractivity contribution is 0.100. The normalized spacial score (nSPS) is 18.5. The van der Waals surface area contributed by atoms with E-state index < -0.39 is 11.7 Å². The zero-order chi connectivity index (χ0) is 20.8. The van der Waals surface area contributed by atoms with Gasteiger partial charge >= 0.3 is 0 Å². The number of methoxy groups -OCH3 is 1. The summed E-state index contributed by atoms with van der Waals surface area (Å²) < 4.78 is 21.0. The monoisotopic (exact) mass is 401 g/mol. The van der Waals surface area contributed by atoms with E-state index in [0.717, 1.165) is 50.3 Å². The number of likely N-dealkylation sites (tertiary alicyclic amines) is 1. The molecule has 3 N–H and O–H groups in total. The molecule has 2 aromatic heterocycles. The minimum absolute atomic E-state index is 0.0466. The lowest BCUT2D eigenvalue weighted by Crippen LogP contribution is -2.43. The van der Waals surface area contributed by atoms with Gasteiger partial charge in [0.2, 0.25) is 0 Å². The van der Waals surface area contributed by atoms with Gasteiger partial charge in [0.25, 0.3) is 5.91 Å². The Kier molecular flexibility index (Phi) is 5.08. The van der Waals surface area contributed by atoms with Crippen molar-refractivity contribution < 1.29 is 13.9 Å². The molecular formula is C21H28FN5O2. The van der Waals surface area contributed by atoms with Crippen LogP contribution >= 0.6 is 0 Å². The molecule has 0 radical (unpaired) electrons. The van der Waals surface area contributed by atoms with Gasteiger partial charge in [-0.25, -0.2) is 13.9 Å². The summed E-state index contributed by atoms with van der Waals surface area (Å²) in [5.41, 5.74) is 8.34. The first-order valence-corrected chi connectivity index (χ1v) is 10.0. The molecule has 1 unspecified atom stereocenters. The van der Waals surface area contributed by atoms with Crippen molar-refractivity contribution in [2.24, 2.45) is 11.7 Å². The number of aromatic amines is 1. The van der Waals surface area contributed by atoms with Crippen LogP contribution in [0.2, 0.25) is 0 Å². The number of carbonyl (C=O) groups excluding carboxylic acids is 1. The fourth-order valence-corrected chi connectivity index (χ4v) is 4.58.